The summed E-state index contributed by atoms with van der Waals surface area (Å²) in [7, 11) is 1.40. The fourth-order valence-electron chi connectivity index (χ4n) is 1.52. The largest absolute Gasteiger partial charge is 0.519 e. The van der Waals surface area contributed by atoms with Crippen molar-refractivity contribution in [1.29, 1.82) is 0 Å². The van der Waals surface area contributed by atoms with Gasteiger partial charge in [0.05, 0.1) is 7.11 Å². The first-order valence-electron chi connectivity index (χ1n) is 5.90. The first kappa shape index (κ1) is 16.5. The molecule has 2 aromatic carbocycles. The third kappa shape index (κ3) is 3.33. The normalized spacial score (nSPS) is 10.3. The van der Waals surface area contributed by atoms with E-state index < -0.39 is 41.0 Å². The van der Waals surface area contributed by atoms with E-state index in [0.717, 1.165) is 0 Å². The molecule has 0 spiro atoms. The van der Waals surface area contributed by atoms with E-state index in [1.54, 1.807) is 0 Å². The molecule has 0 atom stereocenters. The Hall–Kier alpha value is -2.84. The fourth-order valence-corrected chi connectivity index (χ4v) is 1.52. The second-order valence-electron chi connectivity index (χ2n) is 4.03. The van der Waals surface area contributed by atoms with Crippen LogP contribution in [0.5, 0.6) is 17.2 Å². The molecule has 2 aromatic rings. The first-order chi connectivity index (χ1) is 10.8. The monoisotopic (exact) mass is 334 g/mol. The van der Waals surface area contributed by atoms with Gasteiger partial charge in [-0.25, -0.2) is 18.0 Å². The van der Waals surface area contributed by atoms with E-state index in [1.807, 2.05) is 0 Å². The fraction of sp³-hybridized carbons (Fsp3) is 0.0714. The van der Waals surface area contributed by atoms with E-state index in [0.29, 0.717) is 5.75 Å². The average molecular weight is 334 g/mol. The summed E-state index contributed by atoms with van der Waals surface area (Å²) in [6.07, 6.45) is -1.68. The highest BCUT2D eigenvalue weighted by atomic mass is 19.2. The van der Waals surface area contributed by atoms with Crippen LogP contribution in [0.15, 0.2) is 24.3 Å². The van der Waals surface area contributed by atoms with Crippen LogP contribution in [0.25, 0.3) is 0 Å². The van der Waals surface area contributed by atoms with E-state index in [9.17, 15) is 26.7 Å². The highest BCUT2D eigenvalue weighted by Crippen LogP contribution is 2.29. The van der Waals surface area contributed by atoms with Crippen LogP contribution in [-0.4, -0.2) is 13.3 Å². The zero-order valence-electron chi connectivity index (χ0n) is 11.3. The SMILES string of the molecule is COc1ccc(OC(=O)Oc2c(F)c(F)c(F)c(F)c2F)cc1. The van der Waals surface area contributed by atoms with Crippen LogP contribution in [0, 0.1) is 29.1 Å². The van der Waals surface area contributed by atoms with Crippen molar-refractivity contribution in [2.45, 2.75) is 0 Å². The van der Waals surface area contributed by atoms with Crippen LogP contribution in [-0.2, 0) is 0 Å². The second kappa shape index (κ2) is 6.51. The number of hydrogen-bond donors (Lipinski definition) is 0. The van der Waals surface area contributed by atoms with E-state index in [4.69, 9.17) is 4.74 Å². The standard InChI is InChI=1S/C14H7F5O4/c1-21-6-2-4-7(5-3-6)22-14(20)23-13-11(18)9(16)8(15)10(17)12(13)19/h2-5H,1H3. The van der Waals surface area contributed by atoms with Crippen molar-refractivity contribution in [3.63, 3.8) is 0 Å². The molecule has 0 amide bonds. The lowest BCUT2D eigenvalue weighted by Gasteiger charge is -2.09. The van der Waals surface area contributed by atoms with Gasteiger partial charge in [-0.2, -0.15) is 8.78 Å². The lowest BCUT2D eigenvalue weighted by atomic mass is 10.3. The number of methoxy groups -OCH3 is 1. The van der Waals surface area contributed by atoms with Crippen LogP contribution in [0.2, 0.25) is 0 Å². The Morgan fingerprint density at radius 3 is 1.65 bits per heavy atom. The number of carbonyl (C=O) groups excluding carboxylic acids is 1. The Balaban J connectivity index is 2.20. The Morgan fingerprint density at radius 2 is 1.17 bits per heavy atom. The molecule has 122 valence electrons. The van der Waals surface area contributed by atoms with Gasteiger partial charge < -0.3 is 14.2 Å². The molecule has 0 aliphatic heterocycles. The molecule has 0 bridgehead atoms. The van der Waals surface area contributed by atoms with Crippen LogP contribution >= 0.6 is 0 Å². The molecule has 0 aliphatic rings. The van der Waals surface area contributed by atoms with Gasteiger partial charge >= 0.3 is 6.16 Å². The van der Waals surface area contributed by atoms with Crippen molar-refractivity contribution in [3.8, 4) is 17.2 Å². The number of halogens is 5. The Labute approximate surface area is 126 Å². The lowest BCUT2D eigenvalue weighted by Crippen LogP contribution is -2.17. The van der Waals surface area contributed by atoms with E-state index in [2.05, 4.69) is 9.47 Å². The van der Waals surface area contributed by atoms with Crippen molar-refractivity contribution in [2.75, 3.05) is 7.11 Å². The molecule has 0 saturated heterocycles. The molecule has 2 rings (SSSR count). The number of hydrogen-bond acceptors (Lipinski definition) is 4. The molecular weight excluding hydrogens is 327 g/mol. The minimum absolute atomic E-state index is 0.0975. The van der Waals surface area contributed by atoms with Gasteiger partial charge in [-0.1, -0.05) is 0 Å². The van der Waals surface area contributed by atoms with Crippen LogP contribution in [0.3, 0.4) is 0 Å². The van der Waals surface area contributed by atoms with Crippen molar-refractivity contribution in [1.82, 2.24) is 0 Å². The minimum atomic E-state index is -2.36. The van der Waals surface area contributed by atoms with Gasteiger partial charge in [0.25, 0.3) is 0 Å². The van der Waals surface area contributed by atoms with Crippen molar-refractivity contribution < 1.29 is 41.0 Å². The number of carbonyl (C=O) groups is 1. The van der Waals surface area contributed by atoms with E-state index in [-0.39, 0.29) is 5.75 Å². The summed E-state index contributed by atoms with van der Waals surface area (Å²) in [4.78, 5) is 11.4. The van der Waals surface area contributed by atoms with Gasteiger partial charge in [-0.05, 0) is 24.3 Å². The molecule has 0 radical (unpaired) electrons. The summed E-state index contributed by atoms with van der Waals surface area (Å²) in [5, 5.41) is 0. The van der Waals surface area contributed by atoms with Crippen LogP contribution < -0.4 is 14.2 Å². The van der Waals surface area contributed by atoms with Gasteiger partial charge in [0.2, 0.25) is 34.8 Å². The molecule has 0 heterocycles. The Morgan fingerprint density at radius 1 is 0.739 bits per heavy atom. The zero-order valence-corrected chi connectivity index (χ0v) is 11.3. The Kier molecular flexibility index (Phi) is 4.68. The van der Waals surface area contributed by atoms with Crippen LogP contribution in [0.1, 0.15) is 0 Å². The van der Waals surface area contributed by atoms with Crippen molar-refractivity contribution in [2.24, 2.45) is 0 Å². The summed E-state index contributed by atoms with van der Waals surface area (Å²) < 4.78 is 78.9. The molecule has 23 heavy (non-hydrogen) atoms. The second-order valence-corrected chi connectivity index (χ2v) is 4.03. The minimum Gasteiger partial charge on any atom is -0.497 e. The summed E-state index contributed by atoms with van der Waals surface area (Å²) in [5.41, 5.74) is 0. The van der Waals surface area contributed by atoms with Gasteiger partial charge in [0, 0.05) is 0 Å². The Bertz CT molecular complexity index is 717. The zero-order chi connectivity index (χ0) is 17.1. The third-order valence-electron chi connectivity index (χ3n) is 2.62. The van der Waals surface area contributed by atoms with Crippen molar-refractivity contribution >= 4 is 6.16 Å². The molecule has 0 N–H and O–H groups in total. The average Bonchev–Trinajstić information content (AvgIpc) is 2.56. The molecule has 9 heteroatoms. The maximum Gasteiger partial charge on any atom is 0.519 e. The van der Waals surface area contributed by atoms with E-state index >= 15 is 0 Å². The molecular formula is C14H7F5O4. The molecule has 0 aliphatic carbocycles. The van der Waals surface area contributed by atoms with Crippen LogP contribution in [0.4, 0.5) is 26.7 Å². The molecule has 0 fully saturated rings. The predicted molar refractivity (Wildman–Crippen MR) is 65.9 cm³/mol. The van der Waals surface area contributed by atoms with Gasteiger partial charge in [0.15, 0.2) is 0 Å². The molecule has 0 unspecified atom stereocenters. The third-order valence-corrected chi connectivity index (χ3v) is 2.62. The van der Waals surface area contributed by atoms with Gasteiger partial charge in [-0.15, -0.1) is 0 Å². The maximum atomic E-state index is 13.3. The lowest BCUT2D eigenvalue weighted by molar-refractivity contribution is 0.146. The highest BCUT2D eigenvalue weighted by Gasteiger charge is 2.29. The molecule has 4 nitrogen and oxygen atoms in total. The molecule has 0 saturated carbocycles. The number of rotatable bonds is 3. The maximum absolute atomic E-state index is 13.3. The predicted octanol–water partition coefficient (Wildman–Crippen LogP) is 3.97. The highest BCUT2D eigenvalue weighted by molar-refractivity contribution is 5.67. The summed E-state index contributed by atoms with van der Waals surface area (Å²) >= 11 is 0. The smallest absolute Gasteiger partial charge is 0.497 e. The topological polar surface area (TPSA) is 44.8 Å². The summed E-state index contributed by atoms with van der Waals surface area (Å²) in [6.45, 7) is 0. The van der Waals surface area contributed by atoms with Gasteiger partial charge in [-0.3, -0.25) is 0 Å². The summed E-state index contributed by atoms with van der Waals surface area (Å²) in [5.74, 6) is -12.8. The van der Waals surface area contributed by atoms with Crippen molar-refractivity contribution in [3.05, 3.63) is 53.4 Å². The number of benzene rings is 2. The molecule has 0 aromatic heterocycles. The number of ether oxygens (including phenoxy) is 3. The van der Waals surface area contributed by atoms with E-state index in [1.165, 1.54) is 31.4 Å². The van der Waals surface area contributed by atoms with Gasteiger partial charge in [0.1, 0.15) is 11.5 Å². The first-order valence-corrected chi connectivity index (χ1v) is 5.90. The quantitative estimate of drug-likeness (QED) is 0.280. The summed E-state index contributed by atoms with van der Waals surface area (Å²) in [6, 6.07) is 5.33.